The minimum absolute atomic E-state index is 0.0773. The van der Waals surface area contributed by atoms with Gasteiger partial charge >= 0.3 is 0 Å². The van der Waals surface area contributed by atoms with Gasteiger partial charge in [-0.2, -0.15) is 0 Å². The summed E-state index contributed by atoms with van der Waals surface area (Å²) in [5.74, 6) is 0.984. The van der Waals surface area contributed by atoms with Gasteiger partial charge in [0.05, 0.1) is 0 Å². The number of hydrogen-bond acceptors (Lipinski definition) is 2. The molecule has 3 heteroatoms. The molecule has 0 saturated carbocycles. The summed E-state index contributed by atoms with van der Waals surface area (Å²) in [6, 6.07) is 4.07. The lowest BCUT2D eigenvalue weighted by Gasteiger charge is -2.16. The molecule has 1 aromatic heterocycles. The molecule has 0 unspecified atom stereocenters. The summed E-state index contributed by atoms with van der Waals surface area (Å²) in [4.78, 5) is 14.6. The molecule has 0 fully saturated rings. The largest absolute Gasteiger partial charge is 0.487 e. The van der Waals surface area contributed by atoms with Crippen LogP contribution in [-0.4, -0.2) is 16.4 Å². The number of nitrogens with one attached hydrogen (secondary N) is 1. The minimum atomic E-state index is -0.141. The number of carbonyl (C=O) groups excluding carboxylic acids is 1. The molecule has 0 spiro atoms. The first-order valence-corrected chi connectivity index (χ1v) is 5.80. The topological polar surface area (TPSA) is 42.1 Å². The van der Waals surface area contributed by atoms with Gasteiger partial charge in [0.2, 0.25) is 0 Å². The molecule has 0 saturated heterocycles. The predicted octanol–water partition coefficient (Wildman–Crippen LogP) is 3.08. The molecule has 2 heterocycles. The number of benzene rings is 1. The van der Waals surface area contributed by atoms with Gasteiger partial charge in [-0.25, -0.2) is 0 Å². The van der Waals surface area contributed by atoms with Gasteiger partial charge in [0.1, 0.15) is 11.4 Å². The molecule has 88 valence electrons. The Balaban J connectivity index is 2.22. The summed E-state index contributed by atoms with van der Waals surface area (Å²) >= 11 is 0. The molecule has 0 aliphatic carbocycles. The quantitative estimate of drug-likeness (QED) is 0.763. The Labute approximate surface area is 99.8 Å². The number of aromatic nitrogens is 1. The molecular formula is C14H15NO2. The maximum absolute atomic E-state index is 11.5. The van der Waals surface area contributed by atoms with E-state index >= 15 is 0 Å². The third-order valence-corrected chi connectivity index (χ3v) is 3.24. The van der Waals surface area contributed by atoms with Crippen LogP contribution in [0.1, 0.15) is 36.7 Å². The summed E-state index contributed by atoms with van der Waals surface area (Å²) in [6.45, 7) is 5.74. The molecule has 1 aliphatic heterocycles. The predicted molar refractivity (Wildman–Crippen MR) is 66.7 cm³/mol. The van der Waals surface area contributed by atoms with E-state index in [0.717, 1.165) is 28.6 Å². The highest BCUT2D eigenvalue weighted by Crippen LogP contribution is 2.38. The highest BCUT2D eigenvalue weighted by molar-refractivity contribution is 6.07. The summed E-state index contributed by atoms with van der Waals surface area (Å²) in [6.07, 6.45) is 2.68. The van der Waals surface area contributed by atoms with Gasteiger partial charge in [-0.05, 0) is 32.9 Å². The maximum Gasteiger partial charge on any atom is 0.161 e. The van der Waals surface area contributed by atoms with Crippen LogP contribution in [0.15, 0.2) is 18.3 Å². The minimum Gasteiger partial charge on any atom is -0.487 e. The van der Waals surface area contributed by atoms with Crippen molar-refractivity contribution in [2.45, 2.75) is 32.8 Å². The summed E-state index contributed by atoms with van der Waals surface area (Å²) < 4.78 is 5.88. The summed E-state index contributed by atoms with van der Waals surface area (Å²) in [7, 11) is 0. The van der Waals surface area contributed by atoms with Crippen LogP contribution in [0, 0.1) is 0 Å². The van der Waals surface area contributed by atoms with E-state index in [2.05, 4.69) is 24.9 Å². The van der Waals surface area contributed by atoms with E-state index in [-0.39, 0.29) is 11.4 Å². The summed E-state index contributed by atoms with van der Waals surface area (Å²) in [5, 5.41) is 0.953. The van der Waals surface area contributed by atoms with Crippen LogP contribution >= 0.6 is 0 Å². The van der Waals surface area contributed by atoms with Crippen LogP contribution in [0.2, 0.25) is 0 Å². The van der Waals surface area contributed by atoms with E-state index in [1.807, 2.05) is 6.07 Å². The molecule has 1 aromatic carbocycles. The Hall–Kier alpha value is -1.77. The molecule has 2 aromatic rings. The number of Topliss-reactive ketones (excluding diaryl/α,β-unsaturated/α-hetero) is 1. The van der Waals surface area contributed by atoms with E-state index in [0.29, 0.717) is 0 Å². The second-order valence-corrected chi connectivity index (χ2v) is 5.30. The first kappa shape index (κ1) is 10.4. The number of hydrogen-bond donors (Lipinski definition) is 1. The van der Waals surface area contributed by atoms with Crippen molar-refractivity contribution in [3.05, 3.63) is 29.5 Å². The number of H-pyrrole nitrogens is 1. The molecule has 1 N–H and O–H groups in total. The Morgan fingerprint density at radius 2 is 2.18 bits per heavy atom. The number of ketones is 1. The number of fused-ring (bicyclic) bond motifs is 2. The molecule has 0 radical (unpaired) electrons. The first-order chi connectivity index (χ1) is 7.96. The SMILES string of the molecule is CC(=O)c1c[nH]c2cc3c(cc12)OC(C)(C)C3. The zero-order chi connectivity index (χ0) is 12.2. The molecule has 0 bridgehead atoms. The molecule has 3 nitrogen and oxygen atoms in total. The zero-order valence-corrected chi connectivity index (χ0v) is 10.3. The third-order valence-electron chi connectivity index (χ3n) is 3.24. The fraction of sp³-hybridized carbons (Fsp3) is 0.357. The third kappa shape index (κ3) is 1.54. The van der Waals surface area contributed by atoms with E-state index < -0.39 is 0 Å². The lowest BCUT2D eigenvalue weighted by molar-refractivity contribution is 0.101. The van der Waals surface area contributed by atoms with Crippen molar-refractivity contribution in [3.8, 4) is 5.75 Å². The standard InChI is InChI=1S/C14H15NO2/c1-8(16)11-7-15-12-4-9-6-14(2,3)17-13(9)5-10(11)12/h4-5,7,15H,6H2,1-3H3. The second kappa shape index (κ2) is 3.13. The fourth-order valence-corrected chi connectivity index (χ4v) is 2.51. The Morgan fingerprint density at radius 1 is 1.41 bits per heavy atom. The lowest BCUT2D eigenvalue weighted by atomic mass is 10.0. The Kier molecular flexibility index (Phi) is 1.91. The number of rotatable bonds is 1. The van der Waals surface area contributed by atoms with Crippen LogP contribution in [0.5, 0.6) is 5.75 Å². The number of ether oxygens (including phenoxy) is 1. The molecule has 3 rings (SSSR count). The monoisotopic (exact) mass is 229 g/mol. The highest BCUT2D eigenvalue weighted by atomic mass is 16.5. The van der Waals surface area contributed by atoms with Crippen molar-refractivity contribution in [3.63, 3.8) is 0 Å². The van der Waals surface area contributed by atoms with Crippen molar-refractivity contribution < 1.29 is 9.53 Å². The number of aromatic amines is 1. The van der Waals surface area contributed by atoms with E-state index in [9.17, 15) is 4.79 Å². The summed E-state index contributed by atoms with van der Waals surface area (Å²) in [5.41, 5.74) is 2.81. The molecule has 0 amide bonds. The maximum atomic E-state index is 11.5. The first-order valence-electron chi connectivity index (χ1n) is 5.80. The van der Waals surface area contributed by atoms with Crippen molar-refractivity contribution in [2.24, 2.45) is 0 Å². The van der Waals surface area contributed by atoms with E-state index in [1.54, 1.807) is 13.1 Å². The van der Waals surface area contributed by atoms with E-state index in [1.165, 1.54) is 5.56 Å². The van der Waals surface area contributed by atoms with Gasteiger partial charge in [0, 0.05) is 34.6 Å². The van der Waals surface area contributed by atoms with Gasteiger partial charge in [0.25, 0.3) is 0 Å². The van der Waals surface area contributed by atoms with Gasteiger partial charge < -0.3 is 9.72 Å². The zero-order valence-electron chi connectivity index (χ0n) is 10.3. The van der Waals surface area contributed by atoms with Crippen molar-refractivity contribution in [1.82, 2.24) is 4.98 Å². The van der Waals surface area contributed by atoms with Crippen molar-refractivity contribution >= 4 is 16.7 Å². The van der Waals surface area contributed by atoms with Crippen molar-refractivity contribution in [1.29, 1.82) is 0 Å². The molecule has 0 atom stereocenters. The Morgan fingerprint density at radius 3 is 2.88 bits per heavy atom. The van der Waals surface area contributed by atoms with Gasteiger partial charge in [0.15, 0.2) is 5.78 Å². The average molecular weight is 229 g/mol. The van der Waals surface area contributed by atoms with Gasteiger partial charge in [-0.15, -0.1) is 0 Å². The van der Waals surface area contributed by atoms with Crippen molar-refractivity contribution in [2.75, 3.05) is 0 Å². The Bertz CT molecular complexity index is 622. The van der Waals surface area contributed by atoms with Crippen LogP contribution in [0.3, 0.4) is 0 Å². The smallest absolute Gasteiger partial charge is 0.161 e. The van der Waals surface area contributed by atoms with Crippen LogP contribution in [0.4, 0.5) is 0 Å². The van der Waals surface area contributed by atoms with Gasteiger partial charge in [-0.1, -0.05) is 0 Å². The molecule has 1 aliphatic rings. The second-order valence-electron chi connectivity index (χ2n) is 5.30. The van der Waals surface area contributed by atoms with Crippen LogP contribution in [0.25, 0.3) is 10.9 Å². The average Bonchev–Trinajstić information content (AvgIpc) is 2.71. The lowest BCUT2D eigenvalue weighted by Crippen LogP contribution is -2.24. The fourth-order valence-electron chi connectivity index (χ4n) is 2.51. The normalized spacial score (nSPS) is 16.9. The van der Waals surface area contributed by atoms with Crippen LogP contribution in [-0.2, 0) is 6.42 Å². The van der Waals surface area contributed by atoms with Crippen LogP contribution < -0.4 is 4.74 Å². The highest BCUT2D eigenvalue weighted by Gasteiger charge is 2.30. The van der Waals surface area contributed by atoms with E-state index in [4.69, 9.17) is 4.74 Å². The number of carbonyl (C=O) groups is 1. The molecular weight excluding hydrogens is 214 g/mol. The molecule has 17 heavy (non-hydrogen) atoms. The van der Waals surface area contributed by atoms with Gasteiger partial charge in [-0.3, -0.25) is 4.79 Å².